The third-order valence-electron chi connectivity index (χ3n) is 3.36. The van der Waals surface area contributed by atoms with Gasteiger partial charge in [0, 0.05) is 31.1 Å². The summed E-state index contributed by atoms with van der Waals surface area (Å²) in [6.45, 7) is 2.18. The van der Waals surface area contributed by atoms with Crippen molar-refractivity contribution in [3.05, 3.63) is 52.3 Å². The first-order valence-corrected chi connectivity index (χ1v) is 6.75. The first-order chi connectivity index (χ1) is 10.9. The normalized spacial score (nSPS) is 11.3. The second kappa shape index (κ2) is 5.75. The standard InChI is InChI=1S/C14H13F2N5O2/c1-8-17-10(6-20(8)2)7-21-4-3-9(5-11(21)22)13-18-19-14(23-13)12(15)16/h3-6,12H,7H2,1-2H3. The summed E-state index contributed by atoms with van der Waals surface area (Å²) in [4.78, 5) is 16.5. The number of nitrogens with zero attached hydrogens (tertiary/aromatic N) is 5. The summed E-state index contributed by atoms with van der Waals surface area (Å²) in [6, 6.07) is 2.82. The molecular formula is C14H13F2N5O2. The van der Waals surface area contributed by atoms with Crippen LogP contribution in [0.1, 0.15) is 23.8 Å². The van der Waals surface area contributed by atoms with Gasteiger partial charge in [-0.3, -0.25) is 4.79 Å². The quantitative estimate of drug-likeness (QED) is 0.733. The van der Waals surface area contributed by atoms with E-state index < -0.39 is 12.3 Å². The van der Waals surface area contributed by atoms with Gasteiger partial charge in [-0.15, -0.1) is 10.2 Å². The Bertz CT molecular complexity index is 877. The maximum Gasteiger partial charge on any atom is 0.314 e. The molecule has 0 spiro atoms. The highest BCUT2D eigenvalue weighted by Gasteiger charge is 2.17. The fourth-order valence-electron chi connectivity index (χ4n) is 2.09. The molecule has 0 saturated heterocycles. The maximum absolute atomic E-state index is 12.4. The third kappa shape index (κ3) is 3.03. The summed E-state index contributed by atoms with van der Waals surface area (Å²) < 4.78 is 33.0. The third-order valence-corrected chi connectivity index (χ3v) is 3.36. The molecule has 3 rings (SSSR count). The zero-order valence-corrected chi connectivity index (χ0v) is 12.4. The highest BCUT2D eigenvalue weighted by atomic mass is 19.3. The van der Waals surface area contributed by atoms with E-state index in [1.807, 2.05) is 24.7 Å². The van der Waals surface area contributed by atoms with E-state index in [0.717, 1.165) is 11.5 Å². The van der Waals surface area contributed by atoms with Crippen LogP contribution in [0.15, 0.2) is 33.7 Å². The molecule has 0 aliphatic rings. The van der Waals surface area contributed by atoms with Crippen molar-refractivity contribution in [2.45, 2.75) is 19.9 Å². The molecule has 0 N–H and O–H groups in total. The van der Waals surface area contributed by atoms with Gasteiger partial charge in [0.15, 0.2) is 0 Å². The van der Waals surface area contributed by atoms with Gasteiger partial charge in [0.2, 0.25) is 5.89 Å². The molecule has 3 heterocycles. The van der Waals surface area contributed by atoms with E-state index >= 15 is 0 Å². The van der Waals surface area contributed by atoms with Crippen molar-refractivity contribution in [2.24, 2.45) is 7.05 Å². The summed E-state index contributed by atoms with van der Waals surface area (Å²) in [5, 5.41) is 6.75. The molecule has 0 radical (unpaired) electrons. The Morgan fingerprint density at radius 3 is 2.70 bits per heavy atom. The summed E-state index contributed by atoms with van der Waals surface area (Å²) in [5.74, 6) is -0.0403. The molecule has 0 fully saturated rings. The van der Waals surface area contributed by atoms with Crippen LogP contribution in [0.25, 0.3) is 11.5 Å². The van der Waals surface area contributed by atoms with Crippen molar-refractivity contribution in [1.29, 1.82) is 0 Å². The lowest BCUT2D eigenvalue weighted by molar-refractivity contribution is 0.116. The van der Waals surface area contributed by atoms with Gasteiger partial charge < -0.3 is 13.6 Å². The number of imidazole rings is 1. The lowest BCUT2D eigenvalue weighted by Gasteiger charge is -2.03. The van der Waals surface area contributed by atoms with Gasteiger partial charge >= 0.3 is 6.43 Å². The first-order valence-electron chi connectivity index (χ1n) is 6.75. The Labute approximate surface area is 129 Å². The number of aryl methyl sites for hydroxylation is 2. The summed E-state index contributed by atoms with van der Waals surface area (Å²) in [6.07, 6.45) is 0.528. The minimum absolute atomic E-state index is 0.113. The number of alkyl halides is 2. The van der Waals surface area contributed by atoms with Crippen molar-refractivity contribution in [1.82, 2.24) is 24.3 Å². The first kappa shape index (κ1) is 15.1. The van der Waals surface area contributed by atoms with E-state index in [1.165, 1.54) is 16.8 Å². The van der Waals surface area contributed by atoms with Gasteiger partial charge in [-0.25, -0.2) is 4.98 Å². The lowest BCUT2D eigenvalue weighted by Crippen LogP contribution is -2.19. The topological polar surface area (TPSA) is 78.7 Å². The molecule has 0 amide bonds. The number of aromatic nitrogens is 5. The second-order valence-corrected chi connectivity index (χ2v) is 5.02. The number of hydrogen-bond donors (Lipinski definition) is 0. The minimum atomic E-state index is -2.84. The molecule has 120 valence electrons. The zero-order valence-electron chi connectivity index (χ0n) is 12.4. The number of halogens is 2. The molecule has 0 unspecified atom stereocenters. The van der Waals surface area contributed by atoms with Crippen LogP contribution < -0.4 is 5.56 Å². The second-order valence-electron chi connectivity index (χ2n) is 5.02. The molecule has 0 bridgehead atoms. The van der Waals surface area contributed by atoms with Crippen LogP contribution in [0.2, 0.25) is 0 Å². The molecule has 3 aromatic rings. The lowest BCUT2D eigenvalue weighted by atomic mass is 10.2. The molecule has 0 aromatic carbocycles. The van der Waals surface area contributed by atoms with E-state index in [1.54, 1.807) is 6.07 Å². The van der Waals surface area contributed by atoms with Gasteiger partial charge in [-0.2, -0.15) is 8.78 Å². The smallest absolute Gasteiger partial charge is 0.314 e. The average molecular weight is 321 g/mol. The number of pyridine rings is 1. The predicted octanol–water partition coefficient (Wildman–Crippen LogP) is 1.93. The van der Waals surface area contributed by atoms with Gasteiger partial charge in [0.1, 0.15) is 5.82 Å². The Balaban J connectivity index is 1.86. The van der Waals surface area contributed by atoms with Gasteiger partial charge in [0.25, 0.3) is 11.4 Å². The summed E-state index contributed by atoms with van der Waals surface area (Å²) in [7, 11) is 1.87. The molecule has 3 aromatic heterocycles. The van der Waals surface area contributed by atoms with Gasteiger partial charge in [-0.1, -0.05) is 0 Å². The van der Waals surface area contributed by atoms with Crippen LogP contribution in [-0.4, -0.2) is 24.3 Å². The van der Waals surface area contributed by atoms with Gasteiger partial charge in [-0.05, 0) is 13.0 Å². The Morgan fingerprint density at radius 2 is 2.13 bits per heavy atom. The highest BCUT2D eigenvalue weighted by Crippen LogP contribution is 2.22. The maximum atomic E-state index is 12.4. The van der Waals surface area contributed by atoms with Crippen molar-refractivity contribution in [3.8, 4) is 11.5 Å². The number of rotatable bonds is 4. The molecule has 0 atom stereocenters. The van der Waals surface area contributed by atoms with E-state index in [9.17, 15) is 13.6 Å². The SMILES string of the molecule is Cc1nc(Cn2ccc(-c3nnc(C(F)F)o3)cc2=O)cn1C. The van der Waals surface area contributed by atoms with E-state index in [2.05, 4.69) is 15.2 Å². The van der Waals surface area contributed by atoms with Crippen LogP contribution in [0.5, 0.6) is 0 Å². The van der Waals surface area contributed by atoms with Crippen molar-refractivity contribution in [3.63, 3.8) is 0 Å². The Hall–Kier alpha value is -2.84. The average Bonchev–Trinajstić information content (AvgIpc) is 3.09. The van der Waals surface area contributed by atoms with Crippen LogP contribution in [0, 0.1) is 6.92 Å². The molecule has 0 aliphatic carbocycles. The van der Waals surface area contributed by atoms with E-state index in [-0.39, 0.29) is 11.4 Å². The molecule has 0 aliphatic heterocycles. The van der Waals surface area contributed by atoms with Gasteiger partial charge in [0.05, 0.1) is 12.2 Å². The van der Waals surface area contributed by atoms with E-state index in [0.29, 0.717) is 12.1 Å². The molecule has 7 nitrogen and oxygen atoms in total. The Kier molecular flexibility index (Phi) is 3.77. The van der Waals surface area contributed by atoms with Crippen molar-refractivity contribution < 1.29 is 13.2 Å². The fourth-order valence-corrected chi connectivity index (χ4v) is 2.09. The van der Waals surface area contributed by atoms with Crippen molar-refractivity contribution in [2.75, 3.05) is 0 Å². The zero-order chi connectivity index (χ0) is 16.6. The summed E-state index contributed by atoms with van der Waals surface area (Å²) in [5.41, 5.74) is 0.725. The highest BCUT2D eigenvalue weighted by molar-refractivity contribution is 5.50. The monoisotopic (exact) mass is 321 g/mol. The number of hydrogen-bond acceptors (Lipinski definition) is 5. The molecule has 23 heavy (non-hydrogen) atoms. The van der Waals surface area contributed by atoms with E-state index in [4.69, 9.17) is 4.42 Å². The minimum Gasteiger partial charge on any atom is -0.415 e. The van der Waals surface area contributed by atoms with Crippen LogP contribution >= 0.6 is 0 Å². The Morgan fingerprint density at radius 1 is 1.35 bits per heavy atom. The van der Waals surface area contributed by atoms with Crippen LogP contribution in [-0.2, 0) is 13.6 Å². The fraction of sp³-hybridized carbons (Fsp3) is 0.286. The summed E-state index contributed by atoms with van der Waals surface area (Å²) >= 11 is 0. The van der Waals surface area contributed by atoms with Crippen LogP contribution in [0.4, 0.5) is 8.78 Å². The predicted molar refractivity (Wildman–Crippen MR) is 76.0 cm³/mol. The van der Waals surface area contributed by atoms with Crippen LogP contribution in [0.3, 0.4) is 0 Å². The largest absolute Gasteiger partial charge is 0.415 e. The molecule has 0 saturated carbocycles. The molecular weight excluding hydrogens is 308 g/mol. The molecule has 9 heteroatoms. The van der Waals surface area contributed by atoms with Crippen molar-refractivity contribution >= 4 is 0 Å².